The molecular weight excluding hydrogens is 362 g/mol. The largest absolute Gasteiger partial charge is 0.368 e. The van der Waals surface area contributed by atoms with E-state index in [2.05, 4.69) is 33.1 Å². The van der Waals surface area contributed by atoms with E-state index in [-0.39, 0.29) is 5.78 Å². The van der Waals surface area contributed by atoms with Gasteiger partial charge in [0.1, 0.15) is 0 Å². The van der Waals surface area contributed by atoms with Crippen LogP contribution in [0.15, 0.2) is 60.9 Å². The van der Waals surface area contributed by atoms with Crippen LogP contribution >= 0.6 is 0 Å². The molecule has 0 saturated carbocycles. The first kappa shape index (κ1) is 18.8. The van der Waals surface area contributed by atoms with Crippen molar-refractivity contribution in [2.24, 2.45) is 7.05 Å². The summed E-state index contributed by atoms with van der Waals surface area (Å²) in [4.78, 5) is 17.1. The van der Waals surface area contributed by atoms with Crippen LogP contribution in [0.3, 0.4) is 0 Å². The lowest BCUT2D eigenvalue weighted by atomic mass is 10.0. The van der Waals surface area contributed by atoms with Gasteiger partial charge in [-0.3, -0.25) is 9.48 Å². The fraction of sp³-hybridized carbons (Fsp3) is 0.261. The summed E-state index contributed by atoms with van der Waals surface area (Å²) >= 11 is 0. The second-order valence-electron chi connectivity index (χ2n) is 7.30. The third-order valence-corrected chi connectivity index (χ3v) is 5.33. The molecule has 0 spiro atoms. The van der Waals surface area contributed by atoms with Crippen molar-refractivity contribution in [1.29, 1.82) is 5.26 Å². The maximum absolute atomic E-state index is 12.3. The van der Waals surface area contributed by atoms with E-state index < -0.39 is 0 Å². The first-order valence-corrected chi connectivity index (χ1v) is 9.73. The van der Waals surface area contributed by atoms with Crippen LogP contribution in [0.4, 0.5) is 11.4 Å². The van der Waals surface area contributed by atoms with Gasteiger partial charge in [-0.1, -0.05) is 12.1 Å². The van der Waals surface area contributed by atoms with Gasteiger partial charge in [-0.05, 0) is 42.0 Å². The number of piperazine rings is 1. The van der Waals surface area contributed by atoms with Crippen LogP contribution in [0.2, 0.25) is 0 Å². The molecule has 0 bridgehead atoms. The number of carbonyl (C=O) groups is 1. The average Bonchev–Trinajstić information content (AvgIpc) is 3.21. The molecule has 0 amide bonds. The van der Waals surface area contributed by atoms with Gasteiger partial charge in [0.05, 0.1) is 23.4 Å². The maximum atomic E-state index is 12.3. The highest BCUT2D eigenvalue weighted by Gasteiger charge is 2.18. The molecule has 6 heteroatoms. The lowest BCUT2D eigenvalue weighted by Gasteiger charge is -2.37. The first-order valence-electron chi connectivity index (χ1n) is 9.73. The lowest BCUT2D eigenvalue weighted by Crippen LogP contribution is -2.46. The van der Waals surface area contributed by atoms with Gasteiger partial charge in [0.2, 0.25) is 0 Å². The average molecular weight is 385 g/mol. The van der Waals surface area contributed by atoms with Gasteiger partial charge < -0.3 is 9.80 Å². The van der Waals surface area contributed by atoms with Crippen molar-refractivity contribution in [2.75, 3.05) is 36.0 Å². The Hall–Kier alpha value is -3.59. The quantitative estimate of drug-likeness (QED) is 0.632. The van der Waals surface area contributed by atoms with E-state index in [9.17, 15) is 4.79 Å². The molecule has 146 valence electrons. The van der Waals surface area contributed by atoms with Crippen LogP contribution < -0.4 is 9.80 Å². The monoisotopic (exact) mass is 385 g/mol. The van der Waals surface area contributed by atoms with Crippen LogP contribution in [0.5, 0.6) is 0 Å². The van der Waals surface area contributed by atoms with Gasteiger partial charge in [0, 0.05) is 57.2 Å². The van der Waals surface area contributed by atoms with Gasteiger partial charge in [-0.2, -0.15) is 10.4 Å². The number of Topliss-reactive ketones (excluding diaryl/α,β-unsaturated/α-hetero) is 1. The Morgan fingerprint density at radius 1 is 0.966 bits per heavy atom. The molecule has 0 atom stereocenters. The second kappa shape index (κ2) is 8.19. The van der Waals surface area contributed by atoms with Crippen LogP contribution in [0, 0.1) is 11.3 Å². The predicted molar refractivity (Wildman–Crippen MR) is 113 cm³/mol. The molecule has 1 aliphatic heterocycles. The van der Waals surface area contributed by atoms with E-state index in [1.807, 2.05) is 43.4 Å². The Balaban J connectivity index is 1.34. The summed E-state index contributed by atoms with van der Waals surface area (Å²) < 4.78 is 1.65. The van der Waals surface area contributed by atoms with Crippen molar-refractivity contribution in [3.8, 4) is 6.07 Å². The minimum absolute atomic E-state index is 0.0851. The number of benzene rings is 2. The Morgan fingerprint density at radius 2 is 1.52 bits per heavy atom. The smallest absolute Gasteiger partial charge is 0.170 e. The molecule has 2 aromatic carbocycles. The molecule has 1 fully saturated rings. The van der Waals surface area contributed by atoms with Crippen molar-refractivity contribution in [1.82, 2.24) is 9.78 Å². The van der Waals surface area contributed by atoms with E-state index in [4.69, 9.17) is 5.26 Å². The van der Waals surface area contributed by atoms with Gasteiger partial charge in [0.25, 0.3) is 0 Å². The molecule has 2 heterocycles. The van der Waals surface area contributed by atoms with E-state index in [0.717, 1.165) is 37.4 Å². The van der Waals surface area contributed by atoms with Crippen LogP contribution in [0.25, 0.3) is 0 Å². The highest BCUT2D eigenvalue weighted by molar-refractivity contribution is 5.97. The SMILES string of the molecule is Cn1cc(C(=O)Cc2ccc(N3CCN(c4ccc(C#N)cc4)CC3)cc2)cn1. The summed E-state index contributed by atoms with van der Waals surface area (Å²) in [5, 5.41) is 13.0. The Bertz CT molecular complexity index is 1020. The number of nitriles is 1. The van der Waals surface area contributed by atoms with Gasteiger partial charge in [-0.25, -0.2) is 0 Å². The van der Waals surface area contributed by atoms with Crippen LogP contribution in [0.1, 0.15) is 21.5 Å². The number of nitrogens with zero attached hydrogens (tertiary/aromatic N) is 5. The zero-order chi connectivity index (χ0) is 20.2. The molecule has 1 aliphatic rings. The number of hydrogen-bond donors (Lipinski definition) is 0. The highest BCUT2D eigenvalue weighted by Crippen LogP contribution is 2.22. The molecule has 0 N–H and O–H groups in total. The molecule has 0 aliphatic carbocycles. The summed E-state index contributed by atoms with van der Waals surface area (Å²) in [6.07, 6.45) is 3.76. The molecule has 0 radical (unpaired) electrons. The van der Waals surface area contributed by atoms with Crippen molar-refractivity contribution in [3.05, 3.63) is 77.6 Å². The maximum Gasteiger partial charge on any atom is 0.170 e. The van der Waals surface area contributed by atoms with Gasteiger partial charge >= 0.3 is 0 Å². The summed E-state index contributed by atoms with van der Waals surface area (Å²) in [5.41, 5.74) is 4.69. The fourth-order valence-electron chi connectivity index (χ4n) is 3.65. The normalized spacial score (nSPS) is 13.9. The van der Waals surface area contributed by atoms with Crippen molar-refractivity contribution < 1.29 is 4.79 Å². The number of rotatable bonds is 5. The van der Waals surface area contributed by atoms with E-state index >= 15 is 0 Å². The number of aryl methyl sites for hydroxylation is 1. The van der Waals surface area contributed by atoms with Crippen molar-refractivity contribution in [2.45, 2.75) is 6.42 Å². The molecule has 6 nitrogen and oxygen atoms in total. The van der Waals surface area contributed by atoms with E-state index in [0.29, 0.717) is 17.5 Å². The molecule has 4 rings (SSSR count). The Morgan fingerprint density at radius 3 is 2.00 bits per heavy atom. The van der Waals surface area contributed by atoms with E-state index in [1.54, 1.807) is 17.1 Å². The summed E-state index contributed by atoms with van der Waals surface area (Å²) in [5.74, 6) is 0.0851. The van der Waals surface area contributed by atoms with Gasteiger partial charge in [0.15, 0.2) is 5.78 Å². The molecule has 3 aromatic rings. The second-order valence-corrected chi connectivity index (χ2v) is 7.30. The van der Waals surface area contributed by atoms with Gasteiger partial charge in [-0.15, -0.1) is 0 Å². The Labute approximate surface area is 170 Å². The standard InChI is InChI=1S/C23H23N5O/c1-26-17-20(16-25-26)23(29)14-18-2-6-21(7-3-18)27-10-12-28(13-11-27)22-8-4-19(15-24)5-9-22/h2-9,16-17H,10-14H2,1H3. The lowest BCUT2D eigenvalue weighted by molar-refractivity contribution is 0.0993. The minimum Gasteiger partial charge on any atom is -0.368 e. The molecule has 0 unspecified atom stereocenters. The van der Waals surface area contributed by atoms with Crippen LogP contribution in [-0.2, 0) is 13.5 Å². The molecule has 29 heavy (non-hydrogen) atoms. The topological polar surface area (TPSA) is 65.2 Å². The number of anilines is 2. The summed E-state index contributed by atoms with van der Waals surface area (Å²) in [7, 11) is 1.81. The number of ketones is 1. The van der Waals surface area contributed by atoms with Crippen molar-refractivity contribution >= 4 is 17.2 Å². The molecular formula is C23H23N5O. The number of carbonyl (C=O) groups excluding carboxylic acids is 1. The third kappa shape index (κ3) is 4.30. The Kier molecular flexibility index (Phi) is 5.30. The number of aromatic nitrogens is 2. The summed E-state index contributed by atoms with van der Waals surface area (Å²) in [6.45, 7) is 3.75. The van der Waals surface area contributed by atoms with Crippen molar-refractivity contribution in [3.63, 3.8) is 0 Å². The van der Waals surface area contributed by atoms with E-state index in [1.165, 1.54) is 5.69 Å². The summed E-state index contributed by atoms with van der Waals surface area (Å²) in [6, 6.07) is 18.2. The minimum atomic E-state index is 0.0851. The van der Waals surface area contributed by atoms with Crippen LogP contribution in [-0.4, -0.2) is 41.7 Å². The molecule has 1 saturated heterocycles. The third-order valence-electron chi connectivity index (χ3n) is 5.33. The predicted octanol–water partition coefficient (Wildman–Crippen LogP) is 3.04. The number of hydrogen-bond acceptors (Lipinski definition) is 5. The zero-order valence-corrected chi connectivity index (χ0v) is 16.5. The molecule has 1 aromatic heterocycles. The zero-order valence-electron chi connectivity index (χ0n) is 16.5. The first-order chi connectivity index (χ1) is 14.1. The highest BCUT2D eigenvalue weighted by atomic mass is 16.1. The fourth-order valence-corrected chi connectivity index (χ4v) is 3.65.